The maximum Gasteiger partial charge on any atom is 0.328 e. The molecule has 5 nitrogen and oxygen atoms in total. The minimum absolute atomic E-state index is 0.0278. The number of thioether (sulfide) groups is 1. The predicted octanol–water partition coefficient (Wildman–Crippen LogP) is 3.80. The Morgan fingerprint density at radius 2 is 1.53 bits per heavy atom. The van der Waals surface area contributed by atoms with Crippen molar-refractivity contribution in [1.29, 1.82) is 0 Å². The van der Waals surface area contributed by atoms with Gasteiger partial charge in [-0.3, -0.25) is 9.59 Å². The van der Waals surface area contributed by atoms with E-state index in [2.05, 4.69) is 5.32 Å². The Morgan fingerprint density at radius 3 is 2.07 bits per heavy atom. The first kappa shape index (κ1) is 23.7. The van der Waals surface area contributed by atoms with Gasteiger partial charge in [-0.2, -0.15) is 0 Å². The van der Waals surface area contributed by atoms with Gasteiger partial charge in [0.15, 0.2) is 5.12 Å². The number of hydrogen-bond acceptors (Lipinski definition) is 5. The largest absolute Gasteiger partial charge is 0.467 e. The molecule has 0 saturated heterocycles. The van der Waals surface area contributed by atoms with Crippen LogP contribution in [0.1, 0.15) is 31.4 Å². The number of methoxy groups -OCH3 is 1. The molecule has 0 aliphatic heterocycles. The highest BCUT2D eigenvalue weighted by atomic mass is 32.2. The second-order valence-corrected chi connectivity index (χ2v) is 8.64. The molecule has 2 unspecified atom stereocenters. The smallest absolute Gasteiger partial charge is 0.328 e. The molecular weight excluding hydrogens is 398 g/mol. The van der Waals surface area contributed by atoms with E-state index in [1.54, 1.807) is 6.92 Å². The van der Waals surface area contributed by atoms with E-state index in [0.717, 1.165) is 17.5 Å². The summed E-state index contributed by atoms with van der Waals surface area (Å²) in [4.78, 5) is 36.9. The van der Waals surface area contributed by atoms with Crippen LogP contribution in [-0.4, -0.2) is 35.4 Å². The van der Waals surface area contributed by atoms with Gasteiger partial charge in [-0.1, -0.05) is 72.4 Å². The van der Waals surface area contributed by atoms with E-state index in [4.69, 9.17) is 4.74 Å². The highest BCUT2D eigenvalue weighted by Crippen LogP contribution is 2.29. The number of ether oxygens (including phenoxy) is 1. The summed E-state index contributed by atoms with van der Waals surface area (Å²) in [5, 5.41) is 2.52. The van der Waals surface area contributed by atoms with Crippen LogP contribution >= 0.6 is 11.8 Å². The minimum atomic E-state index is -0.752. The monoisotopic (exact) mass is 427 g/mol. The third-order valence-electron chi connectivity index (χ3n) is 4.88. The van der Waals surface area contributed by atoms with Crippen LogP contribution < -0.4 is 5.32 Å². The molecule has 0 fully saturated rings. The summed E-state index contributed by atoms with van der Waals surface area (Å²) < 4.78 is 4.73. The standard InChI is InChI=1S/C24H29NO4S/c1-17(24(28)29-3)25-23(27)21(16-20-12-8-5-9-13-20)22(30-18(2)26)15-14-19-10-6-4-7-11-19/h4-13,17,21-22H,14-16H2,1-3H3,(H,25,27)/t17-,21?,22?/m0/s1. The molecule has 2 aromatic rings. The number of esters is 1. The highest BCUT2D eigenvalue weighted by Gasteiger charge is 2.32. The number of benzene rings is 2. The Labute approximate surface area is 182 Å². The van der Waals surface area contributed by atoms with Gasteiger partial charge in [-0.25, -0.2) is 4.79 Å². The molecule has 0 aromatic heterocycles. The lowest BCUT2D eigenvalue weighted by molar-refractivity contribution is -0.145. The molecule has 3 atom stereocenters. The summed E-state index contributed by atoms with van der Waals surface area (Å²) in [7, 11) is 1.29. The number of rotatable bonds is 10. The highest BCUT2D eigenvalue weighted by molar-refractivity contribution is 8.14. The van der Waals surface area contributed by atoms with Gasteiger partial charge in [0.05, 0.1) is 13.0 Å². The Morgan fingerprint density at radius 1 is 0.967 bits per heavy atom. The van der Waals surface area contributed by atoms with Gasteiger partial charge in [-0.05, 0) is 37.3 Å². The van der Waals surface area contributed by atoms with Crippen LogP contribution in [0.3, 0.4) is 0 Å². The fourth-order valence-corrected chi connectivity index (χ4v) is 4.37. The van der Waals surface area contributed by atoms with E-state index in [1.807, 2.05) is 60.7 Å². The lowest BCUT2D eigenvalue weighted by Gasteiger charge is -2.26. The molecule has 0 radical (unpaired) electrons. The number of carbonyl (C=O) groups is 3. The summed E-state index contributed by atoms with van der Waals surface area (Å²) >= 11 is 1.20. The quantitative estimate of drug-likeness (QED) is 0.584. The summed E-state index contributed by atoms with van der Waals surface area (Å²) in [5.41, 5.74) is 2.17. The Balaban J connectivity index is 2.24. The summed E-state index contributed by atoms with van der Waals surface area (Å²) in [6, 6.07) is 19.0. The van der Waals surface area contributed by atoms with E-state index < -0.39 is 17.9 Å². The number of carbonyl (C=O) groups excluding carboxylic acids is 3. The van der Waals surface area contributed by atoms with Crippen molar-refractivity contribution in [3.8, 4) is 0 Å². The Kier molecular flexibility index (Phi) is 9.61. The van der Waals surface area contributed by atoms with E-state index in [9.17, 15) is 14.4 Å². The Bertz CT molecular complexity index is 826. The van der Waals surface area contributed by atoms with Crippen molar-refractivity contribution < 1.29 is 19.1 Å². The van der Waals surface area contributed by atoms with Crippen LogP contribution in [-0.2, 0) is 32.0 Å². The van der Waals surface area contributed by atoms with Crippen molar-refractivity contribution in [1.82, 2.24) is 5.32 Å². The average molecular weight is 428 g/mol. The molecule has 2 rings (SSSR count). The van der Waals surface area contributed by atoms with Crippen LogP contribution in [0, 0.1) is 5.92 Å². The third-order valence-corrected chi connectivity index (χ3v) is 6.07. The summed E-state index contributed by atoms with van der Waals surface area (Å²) in [5.74, 6) is -1.21. The molecule has 1 N–H and O–H groups in total. The molecule has 6 heteroatoms. The van der Waals surface area contributed by atoms with Gasteiger partial charge in [-0.15, -0.1) is 0 Å². The first-order valence-corrected chi connectivity index (χ1v) is 10.9. The SMILES string of the molecule is COC(=O)[C@H](C)NC(=O)C(Cc1ccccc1)C(CCc1ccccc1)SC(C)=O. The summed E-state index contributed by atoms with van der Waals surface area (Å²) in [6.07, 6.45) is 1.92. The number of nitrogens with one attached hydrogen (secondary N) is 1. The number of hydrogen-bond donors (Lipinski definition) is 1. The van der Waals surface area contributed by atoms with Gasteiger partial charge in [0.25, 0.3) is 0 Å². The van der Waals surface area contributed by atoms with Gasteiger partial charge < -0.3 is 10.1 Å². The van der Waals surface area contributed by atoms with E-state index >= 15 is 0 Å². The fourth-order valence-electron chi connectivity index (χ4n) is 3.33. The molecule has 0 aliphatic carbocycles. The first-order chi connectivity index (χ1) is 14.4. The molecule has 0 bridgehead atoms. The average Bonchev–Trinajstić information content (AvgIpc) is 2.75. The minimum Gasteiger partial charge on any atom is -0.467 e. The second-order valence-electron chi connectivity index (χ2n) is 7.22. The maximum absolute atomic E-state index is 13.2. The van der Waals surface area contributed by atoms with Crippen LogP contribution in [0.25, 0.3) is 0 Å². The zero-order valence-corrected chi connectivity index (χ0v) is 18.5. The normalized spacial score (nSPS) is 13.7. The first-order valence-electron chi connectivity index (χ1n) is 10.0. The van der Waals surface area contributed by atoms with Gasteiger partial charge in [0.1, 0.15) is 6.04 Å². The van der Waals surface area contributed by atoms with E-state index in [0.29, 0.717) is 12.8 Å². The van der Waals surface area contributed by atoms with Crippen molar-refractivity contribution in [2.45, 2.75) is 44.4 Å². The zero-order chi connectivity index (χ0) is 21.9. The molecule has 30 heavy (non-hydrogen) atoms. The molecule has 1 amide bonds. The van der Waals surface area contributed by atoms with Crippen molar-refractivity contribution in [3.63, 3.8) is 0 Å². The molecule has 0 saturated carbocycles. The lowest BCUT2D eigenvalue weighted by Crippen LogP contribution is -2.45. The molecular formula is C24H29NO4S. The molecule has 2 aromatic carbocycles. The van der Waals surface area contributed by atoms with Crippen LogP contribution in [0.5, 0.6) is 0 Å². The predicted molar refractivity (Wildman–Crippen MR) is 120 cm³/mol. The van der Waals surface area contributed by atoms with E-state index in [-0.39, 0.29) is 16.3 Å². The van der Waals surface area contributed by atoms with Crippen LogP contribution in [0.15, 0.2) is 60.7 Å². The molecule has 0 aliphatic rings. The van der Waals surface area contributed by atoms with Gasteiger partial charge in [0, 0.05) is 12.2 Å². The fraction of sp³-hybridized carbons (Fsp3) is 0.375. The summed E-state index contributed by atoms with van der Waals surface area (Å²) in [6.45, 7) is 3.12. The molecule has 0 spiro atoms. The number of amides is 1. The van der Waals surface area contributed by atoms with Gasteiger partial charge in [0.2, 0.25) is 5.91 Å². The zero-order valence-electron chi connectivity index (χ0n) is 17.7. The molecule has 160 valence electrons. The lowest BCUT2D eigenvalue weighted by atomic mass is 9.91. The van der Waals surface area contributed by atoms with E-state index in [1.165, 1.54) is 25.8 Å². The van der Waals surface area contributed by atoms with Crippen LogP contribution in [0.2, 0.25) is 0 Å². The van der Waals surface area contributed by atoms with Gasteiger partial charge >= 0.3 is 5.97 Å². The third kappa shape index (κ3) is 7.67. The Hall–Kier alpha value is -2.60. The second kappa shape index (κ2) is 12.2. The topological polar surface area (TPSA) is 72.5 Å². The van der Waals surface area contributed by atoms with Crippen molar-refractivity contribution in [3.05, 3.63) is 71.8 Å². The number of aryl methyl sites for hydroxylation is 1. The maximum atomic E-state index is 13.2. The van der Waals surface area contributed by atoms with Crippen molar-refractivity contribution >= 4 is 28.8 Å². The van der Waals surface area contributed by atoms with Crippen LogP contribution in [0.4, 0.5) is 0 Å². The van der Waals surface area contributed by atoms with Crippen molar-refractivity contribution in [2.24, 2.45) is 5.92 Å². The molecule has 0 heterocycles. The van der Waals surface area contributed by atoms with Crippen molar-refractivity contribution in [2.75, 3.05) is 7.11 Å².